The third-order valence-electron chi connectivity index (χ3n) is 4.79. The van der Waals surface area contributed by atoms with E-state index in [1.165, 1.54) is 12.1 Å². The molecule has 6 nitrogen and oxygen atoms in total. The summed E-state index contributed by atoms with van der Waals surface area (Å²) in [6.45, 7) is 0.962. The lowest BCUT2D eigenvalue weighted by Gasteiger charge is -2.25. The SMILES string of the molecule is NC1(c2ccccc2)CCN(C(=O)Nc2cc(-c3cccc(F)c3)on2)C1. The van der Waals surface area contributed by atoms with E-state index >= 15 is 0 Å². The molecule has 2 heterocycles. The molecule has 1 aliphatic heterocycles. The summed E-state index contributed by atoms with van der Waals surface area (Å²) in [6, 6.07) is 17.0. The third-order valence-corrected chi connectivity index (χ3v) is 4.79. The molecule has 3 aromatic rings. The van der Waals surface area contributed by atoms with Gasteiger partial charge < -0.3 is 15.2 Å². The molecule has 0 radical (unpaired) electrons. The van der Waals surface area contributed by atoms with Gasteiger partial charge in [-0.05, 0) is 24.1 Å². The van der Waals surface area contributed by atoms with Crippen LogP contribution < -0.4 is 11.1 Å². The lowest BCUT2D eigenvalue weighted by atomic mass is 9.90. The fourth-order valence-corrected chi connectivity index (χ4v) is 3.31. The number of rotatable bonds is 3. The van der Waals surface area contributed by atoms with Crippen LogP contribution in [0.15, 0.2) is 65.2 Å². The van der Waals surface area contributed by atoms with Crippen LogP contribution in [-0.2, 0) is 5.54 Å². The van der Waals surface area contributed by atoms with E-state index in [0.29, 0.717) is 30.8 Å². The van der Waals surface area contributed by atoms with Crippen LogP contribution in [0.3, 0.4) is 0 Å². The monoisotopic (exact) mass is 366 g/mol. The van der Waals surface area contributed by atoms with Gasteiger partial charge in [0.25, 0.3) is 0 Å². The lowest BCUT2D eigenvalue weighted by molar-refractivity contribution is 0.219. The first-order valence-corrected chi connectivity index (χ1v) is 8.66. The molecule has 1 aromatic heterocycles. The van der Waals surface area contributed by atoms with Gasteiger partial charge in [0.2, 0.25) is 0 Å². The van der Waals surface area contributed by atoms with E-state index in [4.69, 9.17) is 10.3 Å². The molecule has 2 amide bonds. The first-order valence-electron chi connectivity index (χ1n) is 8.66. The van der Waals surface area contributed by atoms with Crippen molar-refractivity contribution in [3.63, 3.8) is 0 Å². The number of nitrogens with zero attached hydrogens (tertiary/aromatic N) is 2. The van der Waals surface area contributed by atoms with Crippen LogP contribution >= 0.6 is 0 Å². The Balaban J connectivity index is 1.43. The summed E-state index contributed by atoms with van der Waals surface area (Å²) in [6.07, 6.45) is 0.678. The minimum Gasteiger partial charge on any atom is -0.354 e. The number of halogens is 1. The fourth-order valence-electron chi connectivity index (χ4n) is 3.31. The zero-order valence-corrected chi connectivity index (χ0v) is 14.6. The molecule has 0 saturated carbocycles. The van der Waals surface area contributed by atoms with Crippen LogP contribution in [-0.4, -0.2) is 29.2 Å². The van der Waals surface area contributed by atoms with Crippen molar-refractivity contribution < 1.29 is 13.7 Å². The zero-order chi connectivity index (χ0) is 18.9. The van der Waals surface area contributed by atoms with Crippen LogP contribution in [0, 0.1) is 5.82 Å². The number of hydrogen-bond donors (Lipinski definition) is 2. The zero-order valence-electron chi connectivity index (χ0n) is 14.6. The highest BCUT2D eigenvalue weighted by Gasteiger charge is 2.38. The van der Waals surface area contributed by atoms with Crippen LogP contribution in [0.25, 0.3) is 11.3 Å². The molecule has 1 aliphatic rings. The summed E-state index contributed by atoms with van der Waals surface area (Å²) >= 11 is 0. The Hall–Kier alpha value is -3.19. The summed E-state index contributed by atoms with van der Waals surface area (Å²) in [5.41, 5.74) is 7.50. The second-order valence-electron chi connectivity index (χ2n) is 6.71. The third kappa shape index (κ3) is 3.54. The normalized spacial score (nSPS) is 19.3. The first-order chi connectivity index (χ1) is 13.0. The van der Waals surface area contributed by atoms with Gasteiger partial charge in [-0.15, -0.1) is 0 Å². The van der Waals surface area contributed by atoms with Gasteiger partial charge in [0.1, 0.15) is 5.82 Å². The molecule has 2 aromatic carbocycles. The Bertz CT molecular complexity index is 959. The number of aromatic nitrogens is 1. The van der Waals surface area contributed by atoms with Crippen molar-refractivity contribution >= 4 is 11.8 Å². The van der Waals surface area contributed by atoms with Crippen molar-refractivity contribution in [2.45, 2.75) is 12.0 Å². The molecule has 1 atom stereocenters. The molecule has 1 fully saturated rings. The highest BCUT2D eigenvalue weighted by molar-refractivity contribution is 5.89. The minimum atomic E-state index is -0.560. The fraction of sp³-hybridized carbons (Fsp3) is 0.200. The summed E-state index contributed by atoms with van der Waals surface area (Å²) in [4.78, 5) is 14.2. The minimum absolute atomic E-state index is 0.272. The number of carbonyl (C=O) groups excluding carboxylic acids is 1. The van der Waals surface area contributed by atoms with Gasteiger partial charge in [0.05, 0.1) is 5.54 Å². The number of amides is 2. The van der Waals surface area contributed by atoms with Crippen LogP contribution in [0.2, 0.25) is 0 Å². The molecule has 138 valence electrons. The van der Waals surface area contributed by atoms with Crippen molar-refractivity contribution in [3.8, 4) is 11.3 Å². The highest BCUT2D eigenvalue weighted by Crippen LogP contribution is 2.30. The summed E-state index contributed by atoms with van der Waals surface area (Å²) < 4.78 is 18.5. The Labute approximate surface area is 155 Å². The number of hydrogen-bond acceptors (Lipinski definition) is 4. The van der Waals surface area contributed by atoms with Gasteiger partial charge in [0.15, 0.2) is 11.6 Å². The number of anilines is 1. The maximum atomic E-state index is 13.3. The Kier molecular flexibility index (Phi) is 4.37. The van der Waals surface area contributed by atoms with E-state index in [2.05, 4.69) is 10.5 Å². The Morgan fingerprint density at radius 3 is 2.78 bits per heavy atom. The summed E-state index contributed by atoms with van der Waals surface area (Å²) in [5, 5.41) is 6.55. The van der Waals surface area contributed by atoms with E-state index in [9.17, 15) is 9.18 Å². The number of carbonyl (C=O) groups is 1. The second-order valence-corrected chi connectivity index (χ2v) is 6.71. The van der Waals surface area contributed by atoms with E-state index < -0.39 is 5.54 Å². The second kappa shape index (κ2) is 6.85. The van der Waals surface area contributed by atoms with Gasteiger partial charge in [-0.3, -0.25) is 5.32 Å². The molecule has 0 aliphatic carbocycles. The number of urea groups is 1. The van der Waals surface area contributed by atoms with E-state index in [0.717, 1.165) is 5.56 Å². The van der Waals surface area contributed by atoms with Crippen molar-refractivity contribution in [2.24, 2.45) is 5.73 Å². The van der Waals surface area contributed by atoms with Crippen LogP contribution in [0.4, 0.5) is 15.0 Å². The Morgan fingerprint density at radius 1 is 1.19 bits per heavy atom. The van der Waals surface area contributed by atoms with E-state index in [1.807, 2.05) is 30.3 Å². The number of likely N-dealkylation sites (tertiary alicyclic amines) is 1. The van der Waals surface area contributed by atoms with E-state index in [-0.39, 0.29) is 17.7 Å². The molecular formula is C20H19FN4O2. The predicted octanol–water partition coefficient (Wildman–Crippen LogP) is 3.57. The molecule has 7 heteroatoms. The largest absolute Gasteiger partial charge is 0.354 e. The summed E-state index contributed by atoms with van der Waals surface area (Å²) in [5.74, 6) is 0.281. The van der Waals surface area contributed by atoms with Gasteiger partial charge >= 0.3 is 6.03 Å². The van der Waals surface area contributed by atoms with Crippen LogP contribution in [0.5, 0.6) is 0 Å². The smallest absolute Gasteiger partial charge is 0.323 e. The molecule has 1 saturated heterocycles. The van der Waals surface area contributed by atoms with Gasteiger partial charge in [-0.25, -0.2) is 9.18 Å². The van der Waals surface area contributed by atoms with Crippen molar-refractivity contribution in [1.82, 2.24) is 10.1 Å². The van der Waals surface area contributed by atoms with E-state index in [1.54, 1.807) is 23.1 Å². The molecule has 4 rings (SSSR count). The maximum Gasteiger partial charge on any atom is 0.323 e. The van der Waals surface area contributed by atoms with Gasteiger partial charge in [-0.1, -0.05) is 47.6 Å². The van der Waals surface area contributed by atoms with Crippen molar-refractivity contribution in [3.05, 3.63) is 72.0 Å². The molecule has 27 heavy (non-hydrogen) atoms. The molecule has 3 N–H and O–H groups in total. The number of nitrogens with two attached hydrogens (primary N) is 1. The Morgan fingerprint density at radius 2 is 2.00 bits per heavy atom. The average molecular weight is 366 g/mol. The van der Waals surface area contributed by atoms with Crippen LogP contribution in [0.1, 0.15) is 12.0 Å². The molecule has 0 bridgehead atoms. The number of nitrogens with one attached hydrogen (secondary N) is 1. The molecule has 0 spiro atoms. The molecule has 1 unspecified atom stereocenters. The topological polar surface area (TPSA) is 84.4 Å². The highest BCUT2D eigenvalue weighted by atomic mass is 19.1. The quantitative estimate of drug-likeness (QED) is 0.742. The van der Waals surface area contributed by atoms with Gasteiger partial charge in [0, 0.05) is 24.7 Å². The number of benzene rings is 2. The van der Waals surface area contributed by atoms with Gasteiger partial charge in [-0.2, -0.15) is 0 Å². The molecular weight excluding hydrogens is 347 g/mol. The maximum absolute atomic E-state index is 13.3. The summed E-state index contributed by atoms with van der Waals surface area (Å²) in [7, 11) is 0. The standard InChI is InChI=1S/C20H19FN4O2/c21-16-8-4-5-14(11-16)17-12-18(24-27-17)23-19(26)25-10-9-20(22,13-25)15-6-2-1-3-7-15/h1-8,11-12H,9-10,13,22H2,(H,23,24,26). The van der Waals surface area contributed by atoms with Crippen molar-refractivity contribution in [2.75, 3.05) is 18.4 Å². The van der Waals surface area contributed by atoms with Crippen molar-refractivity contribution in [1.29, 1.82) is 0 Å². The first kappa shape index (κ1) is 17.2. The average Bonchev–Trinajstić information content (AvgIpc) is 3.30. The lowest BCUT2D eigenvalue weighted by Crippen LogP contribution is -2.42. The predicted molar refractivity (Wildman–Crippen MR) is 99.4 cm³/mol.